The molecule has 1 heterocycles. The molecule has 0 saturated carbocycles. The Kier molecular flexibility index (Phi) is 4.61. The van der Waals surface area contributed by atoms with Crippen LogP contribution in [0.5, 0.6) is 0 Å². The van der Waals surface area contributed by atoms with E-state index >= 15 is 0 Å². The molecule has 1 saturated heterocycles. The normalized spacial score (nSPS) is 28.0. The molecule has 0 aromatic heterocycles. The predicted octanol–water partition coefficient (Wildman–Crippen LogP) is 3.38. The summed E-state index contributed by atoms with van der Waals surface area (Å²) in [5.41, 5.74) is 1.19. The maximum atomic E-state index is 5.99. The second-order valence-electron chi connectivity index (χ2n) is 5.77. The van der Waals surface area contributed by atoms with E-state index in [0.29, 0.717) is 12.5 Å². The summed E-state index contributed by atoms with van der Waals surface area (Å²) in [6.45, 7) is 9.46. The summed E-state index contributed by atoms with van der Waals surface area (Å²) >= 11 is 0. The standard InChI is InChI=1S/C16H24O3/c1-12-10-18-16(3,4)19-15(12)13(2)17-11-14-8-6-5-7-9-14/h5-9,12-13,15H,10-11H2,1-4H3/t12-,13+,15+/m1/s1. The second kappa shape index (κ2) is 6.04. The van der Waals surface area contributed by atoms with Crippen LogP contribution in [0.1, 0.15) is 33.3 Å². The number of hydrogen-bond donors (Lipinski definition) is 0. The fourth-order valence-electron chi connectivity index (χ4n) is 2.36. The first-order valence-electron chi connectivity index (χ1n) is 6.95. The van der Waals surface area contributed by atoms with Crippen LogP contribution in [0.25, 0.3) is 0 Å². The van der Waals surface area contributed by atoms with Gasteiger partial charge in [0.25, 0.3) is 0 Å². The molecule has 0 radical (unpaired) electrons. The lowest BCUT2D eigenvalue weighted by Crippen LogP contribution is -2.49. The summed E-state index contributed by atoms with van der Waals surface area (Å²) in [5.74, 6) is -0.166. The van der Waals surface area contributed by atoms with Crippen molar-refractivity contribution >= 4 is 0 Å². The van der Waals surface area contributed by atoms with Gasteiger partial charge in [-0.3, -0.25) is 0 Å². The Morgan fingerprint density at radius 3 is 2.68 bits per heavy atom. The van der Waals surface area contributed by atoms with E-state index in [1.54, 1.807) is 0 Å². The summed E-state index contributed by atoms with van der Waals surface area (Å²) in [4.78, 5) is 0. The van der Waals surface area contributed by atoms with Crippen LogP contribution in [-0.4, -0.2) is 24.6 Å². The number of rotatable bonds is 4. The van der Waals surface area contributed by atoms with E-state index in [0.717, 1.165) is 6.61 Å². The molecule has 1 aliphatic heterocycles. The minimum atomic E-state index is -0.512. The maximum absolute atomic E-state index is 5.99. The SMILES string of the molecule is C[C@@H]1COC(C)(C)O[C@@H]1[C@H](C)OCc1ccccc1. The van der Waals surface area contributed by atoms with E-state index in [1.807, 2.05) is 32.0 Å². The smallest absolute Gasteiger partial charge is 0.163 e. The van der Waals surface area contributed by atoms with E-state index in [-0.39, 0.29) is 12.2 Å². The van der Waals surface area contributed by atoms with Gasteiger partial charge in [0.1, 0.15) is 0 Å². The summed E-state index contributed by atoms with van der Waals surface area (Å²) < 4.78 is 17.6. The largest absolute Gasteiger partial charge is 0.371 e. The van der Waals surface area contributed by atoms with E-state index < -0.39 is 5.79 Å². The molecule has 0 spiro atoms. The highest BCUT2D eigenvalue weighted by molar-refractivity contribution is 5.13. The van der Waals surface area contributed by atoms with E-state index in [1.165, 1.54) is 5.56 Å². The van der Waals surface area contributed by atoms with Crippen LogP contribution in [0.4, 0.5) is 0 Å². The van der Waals surface area contributed by atoms with Crippen molar-refractivity contribution in [1.29, 1.82) is 0 Å². The molecule has 1 fully saturated rings. The first kappa shape index (κ1) is 14.5. The quantitative estimate of drug-likeness (QED) is 0.834. The molecule has 0 unspecified atom stereocenters. The van der Waals surface area contributed by atoms with Crippen molar-refractivity contribution in [3.8, 4) is 0 Å². The third-order valence-corrected chi connectivity index (χ3v) is 3.49. The third kappa shape index (κ3) is 4.03. The van der Waals surface area contributed by atoms with Gasteiger partial charge in [-0.2, -0.15) is 0 Å². The minimum absolute atomic E-state index is 0.0541. The van der Waals surface area contributed by atoms with Gasteiger partial charge in [0, 0.05) is 5.92 Å². The third-order valence-electron chi connectivity index (χ3n) is 3.49. The average Bonchev–Trinajstić information content (AvgIpc) is 2.40. The van der Waals surface area contributed by atoms with Gasteiger partial charge in [0.2, 0.25) is 0 Å². The zero-order valence-corrected chi connectivity index (χ0v) is 12.3. The molecule has 106 valence electrons. The van der Waals surface area contributed by atoms with Crippen LogP contribution in [-0.2, 0) is 20.8 Å². The molecule has 3 heteroatoms. The highest BCUT2D eigenvalue weighted by Crippen LogP contribution is 2.29. The van der Waals surface area contributed by atoms with Crippen molar-refractivity contribution in [2.24, 2.45) is 5.92 Å². The Morgan fingerprint density at radius 2 is 2.00 bits per heavy atom. The lowest BCUT2D eigenvalue weighted by Gasteiger charge is -2.42. The van der Waals surface area contributed by atoms with Crippen LogP contribution in [0.2, 0.25) is 0 Å². The molecular weight excluding hydrogens is 240 g/mol. The second-order valence-corrected chi connectivity index (χ2v) is 5.77. The number of ether oxygens (including phenoxy) is 3. The summed E-state index contributed by atoms with van der Waals surface area (Å²) in [5, 5.41) is 0. The summed E-state index contributed by atoms with van der Waals surface area (Å²) in [6.07, 6.45) is 0.130. The molecule has 0 bridgehead atoms. The lowest BCUT2D eigenvalue weighted by molar-refractivity contribution is -0.308. The molecule has 1 aromatic rings. The van der Waals surface area contributed by atoms with Crippen LogP contribution in [0.15, 0.2) is 30.3 Å². The van der Waals surface area contributed by atoms with Crippen LogP contribution < -0.4 is 0 Å². The fraction of sp³-hybridized carbons (Fsp3) is 0.625. The van der Waals surface area contributed by atoms with E-state index in [9.17, 15) is 0 Å². The first-order chi connectivity index (χ1) is 8.98. The molecule has 3 atom stereocenters. The molecular formula is C16H24O3. The van der Waals surface area contributed by atoms with Gasteiger partial charge in [-0.05, 0) is 26.3 Å². The summed E-state index contributed by atoms with van der Waals surface area (Å²) in [6, 6.07) is 10.2. The monoisotopic (exact) mass is 264 g/mol. The number of hydrogen-bond acceptors (Lipinski definition) is 3. The van der Waals surface area contributed by atoms with Crippen molar-refractivity contribution in [1.82, 2.24) is 0 Å². The predicted molar refractivity (Wildman–Crippen MR) is 74.8 cm³/mol. The van der Waals surface area contributed by atoms with E-state index in [2.05, 4.69) is 26.0 Å². The van der Waals surface area contributed by atoms with Crippen molar-refractivity contribution in [2.45, 2.75) is 52.3 Å². The van der Waals surface area contributed by atoms with Gasteiger partial charge in [0.05, 0.1) is 25.4 Å². The molecule has 1 aliphatic rings. The van der Waals surface area contributed by atoms with Crippen LogP contribution in [0.3, 0.4) is 0 Å². The lowest BCUT2D eigenvalue weighted by atomic mass is 9.99. The zero-order chi connectivity index (χ0) is 13.9. The van der Waals surface area contributed by atoms with Crippen molar-refractivity contribution in [3.63, 3.8) is 0 Å². The molecule has 0 amide bonds. The fourth-order valence-corrected chi connectivity index (χ4v) is 2.36. The van der Waals surface area contributed by atoms with Crippen LogP contribution in [0, 0.1) is 5.92 Å². The van der Waals surface area contributed by atoms with Gasteiger partial charge in [0.15, 0.2) is 5.79 Å². The van der Waals surface area contributed by atoms with Crippen molar-refractivity contribution in [3.05, 3.63) is 35.9 Å². The van der Waals surface area contributed by atoms with Gasteiger partial charge in [-0.15, -0.1) is 0 Å². The molecule has 1 aromatic carbocycles. The molecule has 0 aliphatic carbocycles. The maximum Gasteiger partial charge on any atom is 0.163 e. The number of benzene rings is 1. The Morgan fingerprint density at radius 1 is 1.32 bits per heavy atom. The van der Waals surface area contributed by atoms with Gasteiger partial charge in [-0.1, -0.05) is 37.3 Å². The Hall–Kier alpha value is -0.900. The molecule has 2 rings (SSSR count). The van der Waals surface area contributed by atoms with Gasteiger partial charge < -0.3 is 14.2 Å². The minimum Gasteiger partial charge on any atom is -0.371 e. The molecule has 3 nitrogen and oxygen atoms in total. The van der Waals surface area contributed by atoms with Crippen LogP contribution >= 0.6 is 0 Å². The van der Waals surface area contributed by atoms with Gasteiger partial charge in [-0.25, -0.2) is 0 Å². The Labute approximate surface area is 115 Å². The van der Waals surface area contributed by atoms with E-state index in [4.69, 9.17) is 14.2 Å². The first-order valence-corrected chi connectivity index (χ1v) is 6.95. The summed E-state index contributed by atoms with van der Waals surface area (Å²) in [7, 11) is 0. The highest BCUT2D eigenvalue weighted by Gasteiger charge is 2.37. The Balaban J connectivity index is 1.90. The topological polar surface area (TPSA) is 27.7 Å². The van der Waals surface area contributed by atoms with Crippen molar-refractivity contribution in [2.75, 3.05) is 6.61 Å². The Bertz CT molecular complexity index is 388. The van der Waals surface area contributed by atoms with Crippen molar-refractivity contribution < 1.29 is 14.2 Å². The zero-order valence-electron chi connectivity index (χ0n) is 12.3. The molecule has 0 N–H and O–H groups in total. The molecule has 19 heavy (non-hydrogen) atoms. The average molecular weight is 264 g/mol. The van der Waals surface area contributed by atoms with Gasteiger partial charge >= 0.3 is 0 Å². The highest BCUT2D eigenvalue weighted by atomic mass is 16.7.